The molecule has 0 aromatic heterocycles. The molecular formula is C15H22N2O. The highest BCUT2D eigenvalue weighted by Crippen LogP contribution is 2.27. The third kappa shape index (κ3) is 2.56. The van der Waals surface area contributed by atoms with Crippen LogP contribution >= 0.6 is 0 Å². The van der Waals surface area contributed by atoms with Gasteiger partial charge in [-0.2, -0.15) is 0 Å². The molecule has 1 aromatic carbocycles. The molecule has 1 aliphatic rings. The van der Waals surface area contributed by atoms with Crippen molar-refractivity contribution in [3.63, 3.8) is 0 Å². The fourth-order valence-corrected chi connectivity index (χ4v) is 2.10. The summed E-state index contributed by atoms with van der Waals surface area (Å²) in [6.07, 6.45) is 0. The van der Waals surface area contributed by atoms with Gasteiger partial charge in [0.05, 0.1) is 5.92 Å². The van der Waals surface area contributed by atoms with Crippen LogP contribution in [0.2, 0.25) is 0 Å². The predicted molar refractivity (Wildman–Crippen MR) is 73.4 cm³/mol. The molecule has 1 fully saturated rings. The summed E-state index contributed by atoms with van der Waals surface area (Å²) >= 11 is 0. The fraction of sp³-hybridized carbons (Fsp3) is 0.533. The van der Waals surface area contributed by atoms with E-state index in [1.165, 1.54) is 5.56 Å². The summed E-state index contributed by atoms with van der Waals surface area (Å²) in [5.41, 5.74) is 1.19. The normalized spacial score (nSPS) is 17.9. The fourth-order valence-electron chi connectivity index (χ4n) is 2.10. The van der Waals surface area contributed by atoms with Crippen molar-refractivity contribution >= 4 is 5.91 Å². The Morgan fingerprint density at radius 3 is 2.44 bits per heavy atom. The minimum absolute atomic E-state index is 0.0614. The number of benzene rings is 1. The lowest BCUT2D eigenvalue weighted by Gasteiger charge is -2.35. The standard InChI is InChI=1S/C15H22N2O/c1-11(17-14(18)12-9-16-10-12)15(2,3)13-7-5-4-6-8-13/h4-8,11-12,16H,9-10H2,1-3H3,(H,17,18). The molecule has 98 valence electrons. The molecule has 0 aliphatic carbocycles. The van der Waals surface area contributed by atoms with Crippen LogP contribution in [-0.2, 0) is 10.2 Å². The van der Waals surface area contributed by atoms with Gasteiger partial charge in [0.25, 0.3) is 0 Å². The van der Waals surface area contributed by atoms with Crippen molar-refractivity contribution in [1.29, 1.82) is 0 Å². The minimum Gasteiger partial charge on any atom is -0.352 e. The van der Waals surface area contributed by atoms with Crippen LogP contribution in [0, 0.1) is 5.92 Å². The molecule has 1 aliphatic heterocycles. The Kier molecular flexibility index (Phi) is 3.71. The first-order chi connectivity index (χ1) is 8.51. The molecule has 1 amide bonds. The molecular weight excluding hydrogens is 224 g/mol. The zero-order valence-electron chi connectivity index (χ0n) is 11.4. The van der Waals surface area contributed by atoms with Gasteiger partial charge >= 0.3 is 0 Å². The van der Waals surface area contributed by atoms with Gasteiger partial charge in [-0.3, -0.25) is 4.79 Å². The highest BCUT2D eigenvalue weighted by Gasteiger charge is 2.32. The number of nitrogens with one attached hydrogen (secondary N) is 2. The van der Waals surface area contributed by atoms with E-state index in [1.54, 1.807) is 0 Å². The number of rotatable bonds is 4. The molecule has 3 heteroatoms. The first-order valence-electron chi connectivity index (χ1n) is 6.58. The summed E-state index contributed by atoms with van der Waals surface area (Å²) in [7, 11) is 0. The van der Waals surface area contributed by atoms with Crippen LogP contribution in [0.3, 0.4) is 0 Å². The van der Waals surface area contributed by atoms with Gasteiger partial charge in [0, 0.05) is 24.5 Å². The average molecular weight is 246 g/mol. The number of carbonyl (C=O) groups excluding carboxylic acids is 1. The van der Waals surface area contributed by atoms with Gasteiger partial charge < -0.3 is 10.6 Å². The molecule has 1 heterocycles. The monoisotopic (exact) mass is 246 g/mol. The van der Waals surface area contributed by atoms with Gasteiger partial charge in [0.1, 0.15) is 0 Å². The SMILES string of the molecule is CC(NC(=O)C1CNC1)C(C)(C)c1ccccc1. The molecule has 1 unspecified atom stereocenters. The molecule has 1 saturated heterocycles. The van der Waals surface area contributed by atoms with Crippen LogP contribution in [0.4, 0.5) is 0 Å². The van der Waals surface area contributed by atoms with Crippen LogP contribution in [0.15, 0.2) is 30.3 Å². The topological polar surface area (TPSA) is 41.1 Å². The highest BCUT2D eigenvalue weighted by molar-refractivity contribution is 5.80. The van der Waals surface area contributed by atoms with Gasteiger partial charge in [0.2, 0.25) is 5.91 Å². The lowest BCUT2D eigenvalue weighted by molar-refractivity contribution is -0.127. The van der Waals surface area contributed by atoms with Crippen molar-refractivity contribution in [1.82, 2.24) is 10.6 Å². The van der Waals surface area contributed by atoms with Gasteiger partial charge in [0.15, 0.2) is 0 Å². The Morgan fingerprint density at radius 1 is 1.33 bits per heavy atom. The number of hydrogen-bond acceptors (Lipinski definition) is 2. The second-order valence-electron chi connectivity index (χ2n) is 5.67. The van der Waals surface area contributed by atoms with Crippen LogP contribution in [-0.4, -0.2) is 25.0 Å². The third-order valence-corrected chi connectivity index (χ3v) is 4.11. The third-order valence-electron chi connectivity index (χ3n) is 4.11. The molecule has 2 N–H and O–H groups in total. The van der Waals surface area contributed by atoms with Crippen LogP contribution in [0.25, 0.3) is 0 Å². The maximum atomic E-state index is 12.0. The molecule has 1 aromatic rings. The summed E-state index contributed by atoms with van der Waals surface area (Å²) in [6.45, 7) is 8.05. The van der Waals surface area contributed by atoms with Crippen molar-refractivity contribution in [3.8, 4) is 0 Å². The van der Waals surface area contributed by atoms with Crippen LogP contribution in [0.5, 0.6) is 0 Å². The first-order valence-corrected chi connectivity index (χ1v) is 6.58. The predicted octanol–water partition coefficient (Wildman–Crippen LogP) is 1.69. The van der Waals surface area contributed by atoms with E-state index >= 15 is 0 Å². The molecule has 2 rings (SSSR count). The molecule has 0 radical (unpaired) electrons. The largest absolute Gasteiger partial charge is 0.352 e. The van der Waals surface area contributed by atoms with E-state index in [0.717, 1.165) is 13.1 Å². The van der Waals surface area contributed by atoms with E-state index in [4.69, 9.17) is 0 Å². The Bertz CT molecular complexity index is 410. The number of amides is 1. The van der Waals surface area contributed by atoms with E-state index in [0.29, 0.717) is 0 Å². The maximum Gasteiger partial charge on any atom is 0.225 e. The summed E-state index contributed by atoms with van der Waals surface area (Å²) in [5, 5.41) is 6.27. The maximum absolute atomic E-state index is 12.0. The Labute approximate surface area is 109 Å². The summed E-state index contributed by atoms with van der Waals surface area (Å²) in [6, 6.07) is 10.5. The molecule has 0 spiro atoms. The van der Waals surface area contributed by atoms with Crippen molar-refractivity contribution < 1.29 is 4.79 Å². The van der Waals surface area contributed by atoms with Crippen molar-refractivity contribution in [2.45, 2.75) is 32.2 Å². The van der Waals surface area contributed by atoms with Crippen molar-refractivity contribution in [3.05, 3.63) is 35.9 Å². The van der Waals surface area contributed by atoms with Crippen molar-refractivity contribution in [2.75, 3.05) is 13.1 Å². The van der Waals surface area contributed by atoms with Crippen molar-refractivity contribution in [2.24, 2.45) is 5.92 Å². The van der Waals surface area contributed by atoms with E-state index in [1.807, 2.05) is 18.2 Å². The van der Waals surface area contributed by atoms with Gasteiger partial charge in [-0.15, -0.1) is 0 Å². The zero-order valence-corrected chi connectivity index (χ0v) is 11.4. The van der Waals surface area contributed by atoms with E-state index in [9.17, 15) is 4.79 Å². The second kappa shape index (κ2) is 5.11. The summed E-state index contributed by atoms with van der Waals surface area (Å²) < 4.78 is 0. The van der Waals surface area contributed by atoms with Crippen LogP contribution in [0.1, 0.15) is 26.3 Å². The molecule has 0 saturated carbocycles. The first kappa shape index (κ1) is 13.1. The Hall–Kier alpha value is -1.35. The van der Waals surface area contributed by atoms with Crippen LogP contribution < -0.4 is 10.6 Å². The minimum atomic E-state index is -0.0614. The smallest absolute Gasteiger partial charge is 0.225 e. The van der Waals surface area contributed by atoms with E-state index in [-0.39, 0.29) is 23.3 Å². The van der Waals surface area contributed by atoms with E-state index < -0.39 is 0 Å². The zero-order chi connectivity index (χ0) is 13.2. The molecule has 1 atom stereocenters. The molecule has 3 nitrogen and oxygen atoms in total. The number of hydrogen-bond donors (Lipinski definition) is 2. The Morgan fingerprint density at radius 2 is 1.94 bits per heavy atom. The van der Waals surface area contributed by atoms with E-state index in [2.05, 4.69) is 43.5 Å². The highest BCUT2D eigenvalue weighted by atomic mass is 16.2. The summed E-state index contributed by atoms with van der Waals surface area (Å²) in [5.74, 6) is 0.323. The quantitative estimate of drug-likeness (QED) is 0.849. The average Bonchev–Trinajstić information content (AvgIpc) is 2.27. The summed E-state index contributed by atoms with van der Waals surface area (Å²) in [4.78, 5) is 12.0. The van der Waals surface area contributed by atoms with Gasteiger partial charge in [-0.25, -0.2) is 0 Å². The lowest BCUT2D eigenvalue weighted by Crippen LogP contribution is -2.55. The lowest BCUT2D eigenvalue weighted by atomic mass is 9.78. The Balaban J connectivity index is 2.02. The number of carbonyl (C=O) groups is 1. The molecule has 18 heavy (non-hydrogen) atoms. The van der Waals surface area contributed by atoms with Gasteiger partial charge in [-0.05, 0) is 12.5 Å². The second-order valence-corrected chi connectivity index (χ2v) is 5.67. The van der Waals surface area contributed by atoms with Gasteiger partial charge in [-0.1, -0.05) is 44.2 Å². The molecule has 0 bridgehead atoms.